The fraction of sp³-hybridized carbons (Fsp3) is 0.791. The van der Waals surface area contributed by atoms with Crippen molar-refractivity contribution in [2.24, 2.45) is 0 Å². The number of hydrogen-bond donors (Lipinski definition) is 4. The Balaban J connectivity index is 1.57. The van der Waals surface area contributed by atoms with Crippen LogP contribution in [0.5, 0.6) is 0 Å². The number of quaternary nitrogens is 1. The fourth-order valence-electron chi connectivity index (χ4n) is 7.27. The molecule has 0 amide bonds. The van der Waals surface area contributed by atoms with E-state index in [2.05, 4.69) is 29.2 Å². The standard InChI is InChI=1S/C43H78N5O10P/c1-48(2,3)33-35-58-59(55,56)57-34-19-17-15-13-11-9-7-5-4-6-8-10-12-14-16-18-20-39-21-23-40(24-22-39)47-31-29-45(37-42(51)52)27-25-44(36-41(49)50)26-28-46(30-32-47)38-43(53)54/h21-24H,4-20,25-38H2,1-3H3,(H3-,49,50,51,52,53,54,55,56)/p+1. The number of phosphoric ester groups is 1. The van der Waals surface area contributed by atoms with Crippen LogP contribution in [-0.2, 0) is 34.4 Å². The zero-order chi connectivity index (χ0) is 43.4. The Bertz CT molecular complexity index is 1320. The van der Waals surface area contributed by atoms with E-state index in [0.717, 1.165) is 37.8 Å². The molecule has 0 radical (unpaired) electrons. The lowest BCUT2D eigenvalue weighted by molar-refractivity contribution is -0.870. The van der Waals surface area contributed by atoms with Crippen molar-refractivity contribution in [1.29, 1.82) is 0 Å². The number of hydrogen-bond acceptors (Lipinski definition) is 10. The number of nitrogens with zero attached hydrogens (tertiary/aromatic N) is 5. The largest absolute Gasteiger partial charge is 0.480 e. The molecular weight excluding hydrogens is 777 g/mol. The van der Waals surface area contributed by atoms with Gasteiger partial charge in [-0.2, -0.15) is 0 Å². The molecule has 1 unspecified atom stereocenters. The molecule has 15 nitrogen and oxygen atoms in total. The van der Waals surface area contributed by atoms with E-state index in [0.29, 0.717) is 63.4 Å². The number of rotatable bonds is 31. The van der Waals surface area contributed by atoms with Crippen molar-refractivity contribution < 1.29 is 52.7 Å². The monoisotopic (exact) mass is 857 g/mol. The van der Waals surface area contributed by atoms with Crippen LogP contribution >= 0.6 is 7.82 Å². The first-order valence-electron chi connectivity index (χ1n) is 22.2. The second-order valence-corrected chi connectivity index (χ2v) is 18.7. The molecule has 1 atom stereocenters. The second kappa shape index (κ2) is 30.4. The summed E-state index contributed by atoms with van der Waals surface area (Å²) in [6.45, 7) is 4.36. The van der Waals surface area contributed by atoms with Crippen molar-refractivity contribution >= 4 is 31.4 Å². The third-order valence-corrected chi connectivity index (χ3v) is 11.9. The highest BCUT2D eigenvalue weighted by Crippen LogP contribution is 2.43. The predicted octanol–water partition coefficient (Wildman–Crippen LogP) is 6.29. The van der Waals surface area contributed by atoms with Crippen molar-refractivity contribution in [3.05, 3.63) is 29.8 Å². The first-order chi connectivity index (χ1) is 28.1. The van der Waals surface area contributed by atoms with Crippen LogP contribution in [0.4, 0.5) is 5.69 Å². The van der Waals surface area contributed by atoms with Gasteiger partial charge in [0, 0.05) is 58.0 Å². The maximum absolute atomic E-state index is 11.9. The second-order valence-electron chi connectivity index (χ2n) is 17.2. The first-order valence-corrected chi connectivity index (χ1v) is 23.7. The first kappa shape index (κ1) is 52.5. The highest BCUT2D eigenvalue weighted by molar-refractivity contribution is 7.47. The molecule has 1 heterocycles. The van der Waals surface area contributed by atoms with Crippen LogP contribution in [0.25, 0.3) is 0 Å². The van der Waals surface area contributed by atoms with Crippen LogP contribution in [-0.4, -0.2) is 170 Å². The van der Waals surface area contributed by atoms with E-state index in [1.807, 2.05) is 30.9 Å². The maximum atomic E-state index is 11.9. The highest BCUT2D eigenvalue weighted by atomic mass is 31.2. The number of carbonyl (C=O) groups is 3. The summed E-state index contributed by atoms with van der Waals surface area (Å²) < 4.78 is 22.7. The number of benzene rings is 1. The van der Waals surface area contributed by atoms with E-state index in [1.165, 1.54) is 82.6 Å². The Morgan fingerprint density at radius 3 is 1.25 bits per heavy atom. The molecule has 1 aliphatic heterocycles. The van der Waals surface area contributed by atoms with Gasteiger partial charge in [0.25, 0.3) is 0 Å². The van der Waals surface area contributed by atoms with Gasteiger partial charge in [-0.1, -0.05) is 102 Å². The van der Waals surface area contributed by atoms with E-state index in [-0.39, 0.29) is 32.8 Å². The Labute approximate surface area is 354 Å². The van der Waals surface area contributed by atoms with E-state index in [9.17, 15) is 39.2 Å². The smallest absolute Gasteiger partial charge is 0.472 e. The summed E-state index contributed by atoms with van der Waals surface area (Å²) in [5, 5.41) is 28.4. The van der Waals surface area contributed by atoms with Gasteiger partial charge in [0.15, 0.2) is 0 Å². The molecule has 59 heavy (non-hydrogen) atoms. The van der Waals surface area contributed by atoms with Crippen molar-refractivity contribution in [2.75, 3.05) is 118 Å². The van der Waals surface area contributed by atoms with E-state index < -0.39 is 25.7 Å². The number of anilines is 1. The number of aliphatic carboxylic acids is 3. The molecule has 0 bridgehead atoms. The summed E-state index contributed by atoms with van der Waals surface area (Å²) in [6, 6.07) is 8.56. The van der Waals surface area contributed by atoms with Gasteiger partial charge < -0.3 is 29.6 Å². The van der Waals surface area contributed by atoms with Gasteiger partial charge >= 0.3 is 25.7 Å². The molecule has 1 fully saturated rings. The Hall–Kier alpha value is -2.62. The molecular formula is C43H79N5O10P+. The lowest BCUT2D eigenvalue weighted by Gasteiger charge is -2.34. The number of likely N-dealkylation sites (N-methyl/N-ethyl adjacent to an activating group) is 1. The average molecular weight is 857 g/mol. The van der Waals surface area contributed by atoms with Crippen LogP contribution in [0.2, 0.25) is 0 Å². The summed E-state index contributed by atoms with van der Waals surface area (Å²) in [7, 11) is 2.07. The van der Waals surface area contributed by atoms with Gasteiger partial charge in [-0.3, -0.25) is 38.1 Å². The van der Waals surface area contributed by atoms with Crippen LogP contribution < -0.4 is 4.90 Å². The quantitative estimate of drug-likeness (QED) is 0.0372. The molecule has 16 heteroatoms. The van der Waals surface area contributed by atoms with Crippen LogP contribution in [0.3, 0.4) is 0 Å². The predicted molar refractivity (Wildman–Crippen MR) is 233 cm³/mol. The molecule has 1 saturated heterocycles. The number of carboxylic acids is 3. The summed E-state index contributed by atoms with van der Waals surface area (Å²) in [5.74, 6) is -2.82. The zero-order valence-electron chi connectivity index (χ0n) is 36.7. The Kier molecular flexibility index (Phi) is 27.1. The SMILES string of the molecule is C[N+](C)(C)CCOP(=O)(O)OCCCCCCCCCCCCCCCCCCc1ccc(N2CCN(CC(=O)O)CCN(CC(=O)O)CCN(CC(=O)O)CC2)cc1. The van der Waals surface area contributed by atoms with Gasteiger partial charge in [0.1, 0.15) is 13.2 Å². The molecule has 0 aliphatic carbocycles. The molecule has 1 aliphatic rings. The number of unbranched alkanes of at least 4 members (excludes halogenated alkanes) is 15. The fourth-order valence-corrected chi connectivity index (χ4v) is 8.02. The number of phosphoric acid groups is 1. The third-order valence-electron chi connectivity index (χ3n) is 10.8. The van der Waals surface area contributed by atoms with E-state index in [4.69, 9.17) is 9.05 Å². The van der Waals surface area contributed by atoms with Crippen LogP contribution in [0.15, 0.2) is 24.3 Å². The van der Waals surface area contributed by atoms with Crippen LogP contribution in [0, 0.1) is 0 Å². The van der Waals surface area contributed by atoms with Gasteiger partial charge in [0.05, 0.1) is 47.4 Å². The molecule has 1 aromatic rings. The molecule has 0 saturated carbocycles. The number of aryl methyl sites for hydroxylation is 1. The lowest BCUT2D eigenvalue weighted by Crippen LogP contribution is -2.48. The minimum Gasteiger partial charge on any atom is -0.480 e. The summed E-state index contributed by atoms with van der Waals surface area (Å²) in [6.07, 6.45) is 20.4. The van der Waals surface area contributed by atoms with Gasteiger partial charge in [0.2, 0.25) is 0 Å². The average Bonchev–Trinajstić information content (AvgIpc) is 3.15. The molecule has 340 valence electrons. The Morgan fingerprint density at radius 1 is 0.542 bits per heavy atom. The number of carboxylic acid groups (broad SMARTS) is 3. The lowest BCUT2D eigenvalue weighted by atomic mass is 10.0. The van der Waals surface area contributed by atoms with Crippen molar-refractivity contribution in [3.8, 4) is 0 Å². The summed E-state index contributed by atoms with van der Waals surface area (Å²) in [4.78, 5) is 52.1. The topological polar surface area (TPSA) is 181 Å². The van der Waals surface area contributed by atoms with E-state index >= 15 is 0 Å². The highest BCUT2D eigenvalue weighted by Gasteiger charge is 2.23. The molecule has 1 aromatic carbocycles. The molecule has 0 aromatic heterocycles. The Morgan fingerprint density at radius 2 is 0.881 bits per heavy atom. The molecule has 0 spiro atoms. The van der Waals surface area contributed by atoms with E-state index in [1.54, 1.807) is 4.90 Å². The minimum atomic E-state index is -3.94. The molecule has 4 N–H and O–H groups in total. The van der Waals surface area contributed by atoms with Gasteiger partial charge in [-0.05, 0) is 37.0 Å². The summed E-state index contributed by atoms with van der Waals surface area (Å²) in [5.41, 5.74) is 2.31. The third kappa shape index (κ3) is 28.5. The van der Waals surface area contributed by atoms with Gasteiger partial charge in [-0.15, -0.1) is 0 Å². The van der Waals surface area contributed by atoms with Gasteiger partial charge in [-0.25, -0.2) is 4.57 Å². The van der Waals surface area contributed by atoms with Crippen molar-refractivity contribution in [1.82, 2.24) is 14.7 Å². The molecule has 2 rings (SSSR count). The normalized spacial score (nSPS) is 16.6. The zero-order valence-corrected chi connectivity index (χ0v) is 37.5. The maximum Gasteiger partial charge on any atom is 0.472 e. The van der Waals surface area contributed by atoms with Crippen molar-refractivity contribution in [2.45, 2.75) is 109 Å². The minimum absolute atomic E-state index is 0.129. The van der Waals surface area contributed by atoms with Crippen LogP contribution in [0.1, 0.15) is 108 Å². The summed E-state index contributed by atoms with van der Waals surface area (Å²) >= 11 is 0. The van der Waals surface area contributed by atoms with Crippen molar-refractivity contribution in [3.63, 3.8) is 0 Å².